The van der Waals surface area contributed by atoms with Crippen LogP contribution in [0.3, 0.4) is 0 Å². The van der Waals surface area contributed by atoms with Crippen molar-refractivity contribution >= 4 is 17.5 Å². The van der Waals surface area contributed by atoms with Gasteiger partial charge in [-0.3, -0.25) is 9.78 Å². The standard InChI is InChI=1S/C24H22ClFN2O2/c25-19-4-1-3-18(13-19)14-21-5-2-6-22(27-21)23-16-28(11-12-30-23)24(29)15-17-7-9-20(26)10-8-17/h1-10,13,23H,11-12,14-16H2/t23-/m0/s1. The summed E-state index contributed by atoms with van der Waals surface area (Å²) in [6.45, 7) is 1.45. The van der Waals surface area contributed by atoms with E-state index in [9.17, 15) is 9.18 Å². The third-order valence-corrected chi connectivity index (χ3v) is 5.36. The summed E-state index contributed by atoms with van der Waals surface area (Å²) in [5.74, 6) is -0.300. The van der Waals surface area contributed by atoms with Crippen molar-refractivity contribution in [3.05, 3.63) is 100 Å². The van der Waals surface area contributed by atoms with E-state index in [0.29, 0.717) is 31.1 Å². The van der Waals surface area contributed by atoms with Crippen LogP contribution in [-0.2, 0) is 22.4 Å². The Morgan fingerprint density at radius 1 is 1.10 bits per heavy atom. The van der Waals surface area contributed by atoms with E-state index in [0.717, 1.165) is 22.5 Å². The van der Waals surface area contributed by atoms with Gasteiger partial charge in [-0.1, -0.05) is 41.9 Å². The zero-order valence-electron chi connectivity index (χ0n) is 16.4. The number of nitrogens with zero attached hydrogens (tertiary/aromatic N) is 2. The minimum absolute atomic E-state index is 0.00462. The molecule has 154 valence electrons. The lowest BCUT2D eigenvalue weighted by molar-refractivity contribution is -0.138. The molecule has 0 radical (unpaired) electrons. The molecule has 0 bridgehead atoms. The lowest BCUT2D eigenvalue weighted by atomic mass is 10.1. The number of ether oxygens (including phenoxy) is 1. The predicted octanol–water partition coefficient (Wildman–Crippen LogP) is 4.61. The summed E-state index contributed by atoms with van der Waals surface area (Å²) in [5, 5.41) is 0.703. The summed E-state index contributed by atoms with van der Waals surface area (Å²) in [6.07, 6.45) is 0.652. The molecular formula is C24H22ClFN2O2. The minimum Gasteiger partial charge on any atom is -0.368 e. The zero-order chi connectivity index (χ0) is 20.9. The van der Waals surface area contributed by atoms with Crippen molar-refractivity contribution in [2.24, 2.45) is 0 Å². The summed E-state index contributed by atoms with van der Waals surface area (Å²) < 4.78 is 19.0. The summed E-state index contributed by atoms with van der Waals surface area (Å²) >= 11 is 6.08. The number of rotatable bonds is 5. The number of carbonyl (C=O) groups excluding carboxylic acids is 1. The molecule has 0 N–H and O–H groups in total. The van der Waals surface area contributed by atoms with Gasteiger partial charge in [-0.25, -0.2) is 4.39 Å². The van der Waals surface area contributed by atoms with E-state index in [1.165, 1.54) is 12.1 Å². The van der Waals surface area contributed by atoms with Gasteiger partial charge in [0.25, 0.3) is 0 Å². The van der Waals surface area contributed by atoms with E-state index < -0.39 is 0 Å². The fraction of sp³-hybridized carbons (Fsp3) is 0.250. The summed E-state index contributed by atoms with van der Waals surface area (Å²) in [4.78, 5) is 19.3. The Bertz CT molecular complexity index is 1030. The van der Waals surface area contributed by atoms with Gasteiger partial charge < -0.3 is 9.64 Å². The molecule has 1 aromatic heterocycles. The van der Waals surface area contributed by atoms with Crippen LogP contribution < -0.4 is 0 Å². The number of benzene rings is 2. The lowest BCUT2D eigenvalue weighted by Crippen LogP contribution is -2.43. The van der Waals surface area contributed by atoms with Crippen LogP contribution in [0.5, 0.6) is 0 Å². The first-order chi connectivity index (χ1) is 14.6. The molecule has 4 nitrogen and oxygen atoms in total. The van der Waals surface area contributed by atoms with Crippen molar-refractivity contribution in [3.8, 4) is 0 Å². The zero-order valence-corrected chi connectivity index (χ0v) is 17.2. The number of aromatic nitrogens is 1. The number of amides is 1. The number of pyridine rings is 1. The summed E-state index contributed by atoms with van der Waals surface area (Å²) in [5.41, 5.74) is 3.63. The highest BCUT2D eigenvalue weighted by molar-refractivity contribution is 6.30. The number of halogens is 2. The van der Waals surface area contributed by atoms with Crippen molar-refractivity contribution in [1.82, 2.24) is 9.88 Å². The number of carbonyl (C=O) groups is 1. The predicted molar refractivity (Wildman–Crippen MR) is 114 cm³/mol. The van der Waals surface area contributed by atoms with E-state index in [-0.39, 0.29) is 24.2 Å². The van der Waals surface area contributed by atoms with E-state index in [1.54, 1.807) is 17.0 Å². The molecule has 1 atom stereocenters. The van der Waals surface area contributed by atoms with Crippen LogP contribution in [0.2, 0.25) is 5.02 Å². The Balaban J connectivity index is 1.42. The van der Waals surface area contributed by atoms with Crippen LogP contribution in [0.4, 0.5) is 4.39 Å². The Labute approximate surface area is 180 Å². The van der Waals surface area contributed by atoms with Crippen molar-refractivity contribution in [3.63, 3.8) is 0 Å². The van der Waals surface area contributed by atoms with Gasteiger partial charge in [0, 0.05) is 23.7 Å². The third kappa shape index (κ3) is 5.23. The molecule has 0 saturated carbocycles. The highest BCUT2D eigenvalue weighted by atomic mass is 35.5. The molecule has 6 heteroatoms. The molecule has 4 rings (SSSR count). The molecule has 0 spiro atoms. The van der Waals surface area contributed by atoms with Gasteiger partial charge in [0.15, 0.2) is 0 Å². The van der Waals surface area contributed by atoms with E-state index >= 15 is 0 Å². The maximum atomic E-state index is 13.1. The quantitative estimate of drug-likeness (QED) is 0.600. The molecule has 1 saturated heterocycles. The van der Waals surface area contributed by atoms with Crippen LogP contribution >= 0.6 is 11.6 Å². The fourth-order valence-corrected chi connectivity index (χ4v) is 3.79. The van der Waals surface area contributed by atoms with Crippen LogP contribution in [-0.4, -0.2) is 35.5 Å². The molecular weight excluding hydrogens is 403 g/mol. The van der Waals surface area contributed by atoms with Crippen molar-refractivity contribution in [2.45, 2.75) is 18.9 Å². The summed E-state index contributed by atoms with van der Waals surface area (Å²) in [6, 6.07) is 19.6. The van der Waals surface area contributed by atoms with Gasteiger partial charge in [-0.15, -0.1) is 0 Å². The second-order valence-electron chi connectivity index (χ2n) is 7.36. The topological polar surface area (TPSA) is 42.4 Å². The molecule has 1 amide bonds. The lowest BCUT2D eigenvalue weighted by Gasteiger charge is -2.33. The first-order valence-corrected chi connectivity index (χ1v) is 10.3. The SMILES string of the molecule is O=C(Cc1ccc(F)cc1)N1CCO[C@H](c2cccc(Cc3cccc(Cl)c3)n2)C1. The van der Waals surface area contributed by atoms with Gasteiger partial charge in [-0.2, -0.15) is 0 Å². The maximum absolute atomic E-state index is 13.1. The van der Waals surface area contributed by atoms with E-state index in [1.807, 2.05) is 42.5 Å². The molecule has 0 unspecified atom stereocenters. The normalized spacial score (nSPS) is 16.5. The minimum atomic E-state index is -0.304. The third-order valence-electron chi connectivity index (χ3n) is 5.12. The second kappa shape index (κ2) is 9.37. The van der Waals surface area contributed by atoms with Crippen LogP contribution in [0.25, 0.3) is 0 Å². The molecule has 2 aromatic carbocycles. The monoisotopic (exact) mass is 424 g/mol. The van der Waals surface area contributed by atoms with Gasteiger partial charge in [-0.05, 0) is 47.5 Å². The van der Waals surface area contributed by atoms with Crippen molar-refractivity contribution in [2.75, 3.05) is 19.7 Å². The Hall–Kier alpha value is -2.76. The number of morpholine rings is 1. The first-order valence-electron chi connectivity index (χ1n) is 9.91. The Kier molecular flexibility index (Phi) is 6.41. The Morgan fingerprint density at radius 2 is 1.90 bits per heavy atom. The summed E-state index contributed by atoms with van der Waals surface area (Å²) in [7, 11) is 0. The van der Waals surface area contributed by atoms with Gasteiger partial charge in [0.1, 0.15) is 11.9 Å². The van der Waals surface area contributed by atoms with Crippen LogP contribution in [0.15, 0.2) is 66.7 Å². The highest BCUT2D eigenvalue weighted by Gasteiger charge is 2.26. The van der Waals surface area contributed by atoms with Crippen LogP contribution in [0.1, 0.15) is 28.6 Å². The average molecular weight is 425 g/mol. The van der Waals surface area contributed by atoms with Crippen molar-refractivity contribution in [1.29, 1.82) is 0 Å². The largest absolute Gasteiger partial charge is 0.368 e. The molecule has 1 fully saturated rings. The van der Waals surface area contributed by atoms with Gasteiger partial charge in [0.05, 0.1) is 25.3 Å². The fourth-order valence-electron chi connectivity index (χ4n) is 3.58. The van der Waals surface area contributed by atoms with Gasteiger partial charge in [0.2, 0.25) is 5.91 Å². The molecule has 2 heterocycles. The maximum Gasteiger partial charge on any atom is 0.227 e. The second-order valence-corrected chi connectivity index (χ2v) is 7.80. The van der Waals surface area contributed by atoms with Gasteiger partial charge >= 0.3 is 0 Å². The smallest absolute Gasteiger partial charge is 0.227 e. The molecule has 30 heavy (non-hydrogen) atoms. The van der Waals surface area contributed by atoms with Crippen molar-refractivity contribution < 1.29 is 13.9 Å². The van der Waals surface area contributed by atoms with E-state index in [4.69, 9.17) is 21.3 Å². The van der Waals surface area contributed by atoms with Crippen LogP contribution in [0, 0.1) is 5.82 Å². The molecule has 1 aliphatic rings. The number of hydrogen-bond acceptors (Lipinski definition) is 3. The highest BCUT2D eigenvalue weighted by Crippen LogP contribution is 2.22. The number of hydrogen-bond donors (Lipinski definition) is 0. The molecule has 1 aliphatic heterocycles. The van der Waals surface area contributed by atoms with E-state index in [2.05, 4.69) is 0 Å². The molecule has 0 aliphatic carbocycles. The molecule has 3 aromatic rings. The average Bonchev–Trinajstić information content (AvgIpc) is 2.76. The Morgan fingerprint density at radius 3 is 2.70 bits per heavy atom. The first kappa shape index (κ1) is 20.5.